The molecule has 1 amide bonds. The Balaban J connectivity index is 1.99. The van der Waals surface area contributed by atoms with Crippen LogP contribution in [-0.2, 0) is 11.3 Å². The number of nitrogens with zero attached hydrogens (tertiary/aromatic N) is 3. The monoisotopic (exact) mass is 269 g/mol. The number of primary amides is 1. The summed E-state index contributed by atoms with van der Waals surface area (Å²) < 4.78 is 0. The molecule has 0 bridgehead atoms. The molecule has 100 valence electrons. The third kappa shape index (κ3) is 3.17. The van der Waals surface area contributed by atoms with Crippen molar-refractivity contribution in [1.82, 2.24) is 15.1 Å². The first-order valence-electron chi connectivity index (χ1n) is 6.30. The molecule has 1 saturated heterocycles. The normalized spacial score (nSPS) is 20.8. The first-order valence-corrected chi connectivity index (χ1v) is 7.12. The van der Waals surface area contributed by atoms with Gasteiger partial charge in [-0.3, -0.25) is 9.69 Å². The molecule has 0 aliphatic carbocycles. The average molecular weight is 269 g/mol. The van der Waals surface area contributed by atoms with E-state index in [0.717, 1.165) is 42.5 Å². The SMILES string of the molecule is CCNc1nnc(CN2CCCCC2C(N)=O)s1. The van der Waals surface area contributed by atoms with E-state index in [0.29, 0.717) is 6.54 Å². The van der Waals surface area contributed by atoms with Crippen molar-refractivity contribution in [3.63, 3.8) is 0 Å². The summed E-state index contributed by atoms with van der Waals surface area (Å²) in [4.78, 5) is 13.5. The van der Waals surface area contributed by atoms with Gasteiger partial charge in [-0.1, -0.05) is 17.8 Å². The van der Waals surface area contributed by atoms with Gasteiger partial charge < -0.3 is 11.1 Å². The van der Waals surface area contributed by atoms with Crippen LogP contribution in [0.5, 0.6) is 0 Å². The van der Waals surface area contributed by atoms with Crippen molar-refractivity contribution in [3.8, 4) is 0 Å². The second-order valence-corrected chi connectivity index (χ2v) is 5.48. The second kappa shape index (κ2) is 6.10. The van der Waals surface area contributed by atoms with Gasteiger partial charge in [-0.2, -0.15) is 0 Å². The van der Waals surface area contributed by atoms with Crippen molar-refractivity contribution in [3.05, 3.63) is 5.01 Å². The van der Waals surface area contributed by atoms with Gasteiger partial charge in [0.1, 0.15) is 5.01 Å². The van der Waals surface area contributed by atoms with Crippen LogP contribution in [0.15, 0.2) is 0 Å². The van der Waals surface area contributed by atoms with E-state index in [1.54, 1.807) is 0 Å². The van der Waals surface area contributed by atoms with Gasteiger partial charge in [-0.15, -0.1) is 10.2 Å². The first-order chi connectivity index (χ1) is 8.70. The van der Waals surface area contributed by atoms with Crippen LogP contribution in [0, 0.1) is 0 Å². The Bertz CT molecular complexity index is 408. The van der Waals surface area contributed by atoms with Crippen molar-refractivity contribution >= 4 is 22.4 Å². The van der Waals surface area contributed by atoms with Crippen molar-refractivity contribution < 1.29 is 4.79 Å². The Labute approximate surface area is 111 Å². The first kappa shape index (κ1) is 13.2. The van der Waals surface area contributed by atoms with E-state index in [1.807, 2.05) is 6.92 Å². The minimum atomic E-state index is -0.230. The highest BCUT2D eigenvalue weighted by atomic mass is 32.1. The molecule has 1 aliphatic rings. The van der Waals surface area contributed by atoms with Crippen molar-refractivity contribution in [2.24, 2.45) is 5.73 Å². The van der Waals surface area contributed by atoms with Crippen LogP contribution >= 0.6 is 11.3 Å². The van der Waals surface area contributed by atoms with Gasteiger partial charge in [0.25, 0.3) is 0 Å². The number of nitrogens with two attached hydrogens (primary N) is 1. The Morgan fingerprint density at radius 2 is 2.39 bits per heavy atom. The van der Waals surface area contributed by atoms with E-state index < -0.39 is 0 Å². The number of likely N-dealkylation sites (tertiary alicyclic amines) is 1. The largest absolute Gasteiger partial charge is 0.368 e. The van der Waals surface area contributed by atoms with Crippen LogP contribution in [0.3, 0.4) is 0 Å². The Morgan fingerprint density at radius 3 is 3.11 bits per heavy atom. The van der Waals surface area contributed by atoms with Gasteiger partial charge in [0.05, 0.1) is 12.6 Å². The molecule has 0 radical (unpaired) electrons. The number of hydrogen-bond acceptors (Lipinski definition) is 6. The highest BCUT2D eigenvalue weighted by Gasteiger charge is 2.27. The summed E-state index contributed by atoms with van der Waals surface area (Å²) in [6.07, 6.45) is 3.04. The number of aromatic nitrogens is 2. The molecule has 2 heterocycles. The zero-order valence-corrected chi connectivity index (χ0v) is 11.4. The van der Waals surface area contributed by atoms with Gasteiger partial charge in [-0.25, -0.2) is 0 Å². The molecule has 7 heteroatoms. The van der Waals surface area contributed by atoms with Crippen molar-refractivity contribution in [2.45, 2.75) is 38.8 Å². The number of carbonyl (C=O) groups excluding carboxylic acids is 1. The molecular weight excluding hydrogens is 250 g/mol. The zero-order chi connectivity index (χ0) is 13.0. The quantitative estimate of drug-likeness (QED) is 0.826. The van der Waals surface area contributed by atoms with Crippen LogP contribution < -0.4 is 11.1 Å². The molecule has 2 rings (SSSR count). The lowest BCUT2D eigenvalue weighted by Gasteiger charge is -2.32. The molecule has 1 aromatic rings. The summed E-state index contributed by atoms with van der Waals surface area (Å²) in [6, 6.07) is -0.148. The highest BCUT2D eigenvalue weighted by Crippen LogP contribution is 2.22. The number of amides is 1. The van der Waals surface area contributed by atoms with Gasteiger partial charge in [0.2, 0.25) is 11.0 Å². The summed E-state index contributed by atoms with van der Waals surface area (Å²) in [5, 5.41) is 13.1. The molecule has 1 unspecified atom stereocenters. The highest BCUT2D eigenvalue weighted by molar-refractivity contribution is 7.15. The van der Waals surface area contributed by atoms with E-state index in [4.69, 9.17) is 5.73 Å². The Hall–Kier alpha value is -1.21. The van der Waals surface area contributed by atoms with E-state index in [1.165, 1.54) is 11.3 Å². The molecule has 0 spiro atoms. The fourth-order valence-corrected chi connectivity index (χ4v) is 3.05. The molecule has 1 atom stereocenters. The van der Waals surface area contributed by atoms with Crippen molar-refractivity contribution in [1.29, 1.82) is 0 Å². The van der Waals surface area contributed by atoms with Gasteiger partial charge in [-0.05, 0) is 26.3 Å². The molecule has 1 aliphatic heterocycles. The van der Waals surface area contributed by atoms with Crippen molar-refractivity contribution in [2.75, 3.05) is 18.4 Å². The van der Waals surface area contributed by atoms with Crippen LogP contribution in [0.2, 0.25) is 0 Å². The third-order valence-corrected chi connectivity index (χ3v) is 3.94. The summed E-state index contributed by atoms with van der Waals surface area (Å²) in [7, 11) is 0. The van der Waals surface area contributed by atoms with E-state index in [9.17, 15) is 4.79 Å². The maximum Gasteiger partial charge on any atom is 0.234 e. The molecule has 18 heavy (non-hydrogen) atoms. The van der Waals surface area contributed by atoms with Gasteiger partial charge >= 0.3 is 0 Å². The van der Waals surface area contributed by atoms with Crippen LogP contribution in [-0.4, -0.2) is 40.1 Å². The minimum absolute atomic E-state index is 0.148. The lowest BCUT2D eigenvalue weighted by molar-refractivity contribution is -0.124. The average Bonchev–Trinajstić information content (AvgIpc) is 2.77. The third-order valence-electron chi connectivity index (χ3n) is 3.08. The molecule has 1 fully saturated rings. The molecule has 6 nitrogen and oxygen atoms in total. The summed E-state index contributed by atoms with van der Waals surface area (Å²) in [6.45, 7) is 4.43. The van der Waals surface area contributed by atoms with E-state index in [2.05, 4.69) is 20.4 Å². The fourth-order valence-electron chi connectivity index (χ4n) is 2.22. The maximum atomic E-state index is 11.4. The lowest BCUT2D eigenvalue weighted by atomic mass is 10.0. The van der Waals surface area contributed by atoms with Crippen LogP contribution in [0.25, 0.3) is 0 Å². The Kier molecular flexibility index (Phi) is 4.48. The standard InChI is InChI=1S/C11H19N5OS/c1-2-13-11-15-14-9(18-11)7-16-6-4-3-5-8(16)10(12)17/h8H,2-7H2,1H3,(H2,12,17)(H,13,15). The molecular formula is C11H19N5OS. The Morgan fingerprint density at radius 1 is 1.56 bits per heavy atom. The van der Waals surface area contributed by atoms with Gasteiger partial charge in [0, 0.05) is 6.54 Å². The maximum absolute atomic E-state index is 11.4. The zero-order valence-electron chi connectivity index (χ0n) is 10.6. The molecule has 0 aromatic carbocycles. The topological polar surface area (TPSA) is 84.1 Å². The number of hydrogen-bond donors (Lipinski definition) is 2. The molecule has 0 saturated carbocycles. The van der Waals surface area contributed by atoms with Gasteiger partial charge in [0.15, 0.2) is 0 Å². The summed E-state index contributed by atoms with van der Waals surface area (Å²) >= 11 is 1.54. The number of piperidine rings is 1. The summed E-state index contributed by atoms with van der Waals surface area (Å²) in [5.74, 6) is -0.230. The van der Waals surface area contributed by atoms with E-state index >= 15 is 0 Å². The smallest absolute Gasteiger partial charge is 0.234 e. The number of nitrogens with one attached hydrogen (secondary N) is 1. The predicted octanol–water partition coefficient (Wildman–Crippen LogP) is 0.810. The summed E-state index contributed by atoms with van der Waals surface area (Å²) in [5.41, 5.74) is 5.44. The lowest BCUT2D eigenvalue weighted by Crippen LogP contribution is -2.47. The second-order valence-electron chi connectivity index (χ2n) is 4.42. The molecule has 3 N–H and O–H groups in total. The fraction of sp³-hybridized carbons (Fsp3) is 0.727. The number of rotatable bonds is 5. The molecule has 1 aromatic heterocycles. The van der Waals surface area contributed by atoms with E-state index in [-0.39, 0.29) is 11.9 Å². The minimum Gasteiger partial charge on any atom is -0.368 e. The van der Waals surface area contributed by atoms with Crippen LogP contribution in [0.1, 0.15) is 31.2 Å². The number of carbonyl (C=O) groups is 1. The van der Waals surface area contributed by atoms with Crippen LogP contribution in [0.4, 0.5) is 5.13 Å². The number of anilines is 1. The predicted molar refractivity (Wildman–Crippen MR) is 71.3 cm³/mol.